The molecule has 11 heteroatoms. The van der Waals surface area contributed by atoms with Crippen LogP contribution in [0.5, 0.6) is 0 Å². The minimum absolute atomic E-state index is 0.0136. The third-order valence-corrected chi connectivity index (χ3v) is 7.57. The maximum Gasteiger partial charge on any atom is 0.410 e. The van der Waals surface area contributed by atoms with Crippen molar-refractivity contribution in [1.82, 2.24) is 15.1 Å². The molecule has 0 saturated carbocycles. The van der Waals surface area contributed by atoms with Gasteiger partial charge in [-0.05, 0) is 95.7 Å². The molecular formula is C34H47BrN4O4S2. The number of anilines is 1. The molecule has 1 saturated heterocycles. The first-order valence-corrected chi connectivity index (χ1v) is 15.9. The molecule has 1 N–H and O–H groups in total. The van der Waals surface area contributed by atoms with E-state index in [9.17, 15) is 9.59 Å². The zero-order valence-electron chi connectivity index (χ0n) is 41.6. The van der Waals surface area contributed by atoms with E-state index in [1.54, 1.807) is 40.2 Å². The van der Waals surface area contributed by atoms with E-state index < -0.39 is 76.4 Å². The number of rotatable bonds is 4. The third-order valence-electron chi connectivity index (χ3n) is 5.12. The van der Waals surface area contributed by atoms with Gasteiger partial charge in [-0.15, -0.1) is 22.7 Å². The predicted molar refractivity (Wildman–Crippen MR) is 194 cm³/mol. The Morgan fingerprint density at radius 3 is 2.11 bits per heavy atom. The molecule has 1 aliphatic heterocycles. The Labute approximate surface area is 306 Å². The van der Waals surface area contributed by atoms with E-state index in [0.29, 0.717) is 15.0 Å². The Balaban J connectivity index is 0.000000275. The van der Waals surface area contributed by atoms with Crippen LogP contribution in [0.3, 0.4) is 0 Å². The van der Waals surface area contributed by atoms with Crippen LogP contribution in [0.25, 0.3) is 20.2 Å². The van der Waals surface area contributed by atoms with Crippen molar-refractivity contribution in [3.63, 3.8) is 0 Å². The summed E-state index contributed by atoms with van der Waals surface area (Å²) in [5.74, 6) is 0. The highest BCUT2D eigenvalue weighted by Gasteiger charge is 2.26. The number of likely N-dealkylation sites (N-methyl/N-ethyl adjacent to an activating group) is 2. The molecule has 2 amide bonds. The normalized spacial score (nSPS) is 23.9. The van der Waals surface area contributed by atoms with Gasteiger partial charge in [0.2, 0.25) is 0 Å². The monoisotopic (exact) mass is 734 g/mol. The molecule has 2 aromatic carbocycles. The number of hydrogen-bond acceptors (Lipinski definition) is 8. The topological polar surface area (TPSA) is 74.4 Å². The van der Waals surface area contributed by atoms with Gasteiger partial charge in [-0.1, -0.05) is 28.1 Å². The standard InChI is InChI=1S/C17H22N2O2S.C9H20N2O2.C8H5BrS/c1-17(2,3)21-16(20)19-10-8-18(9-11-19)14-5-4-6-15-13(14)7-12-22-15;1-9(2,3)13-8(12)11(5)7-6-10-4;9-7-2-1-3-8-6(7)4-5-10-8/h4-7,12H,8-11H2,1-3H3;10H,6-7H2,1-5H3;1-5H/i8D2,9D2,10D2,11D2;4D2,5D2,6D2,7D2;. The Kier molecular flexibility index (Phi) is 7.29. The molecule has 1 aliphatic rings. The highest BCUT2D eigenvalue weighted by molar-refractivity contribution is 9.10. The average Bonchev–Trinajstić information content (AvgIpc) is 3.73. The summed E-state index contributed by atoms with van der Waals surface area (Å²) in [6, 6.07) is 14.7. The fourth-order valence-electron chi connectivity index (χ4n) is 3.35. The number of piperazine rings is 1. The van der Waals surface area contributed by atoms with Crippen LogP contribution in [0.1, 0.15) is 63.5 Å². The van der Waals surface area contributed by atoms with Gasteiger partial charge in [0.05, 0.1) is 13.7 Å². The molecule has 0 atom stereocenters. The van der Waals surface area contributed by atoms with Crippen molar-refractivity contribution < 1.29 is 41.0 Å². The van der Waals surface area contributed by atoms with Crippen molar-refractivity contribution in [3.05, 3.63) is 63.8 Å². The van der Waals surface area contributed by atoms with Crippen molar-refractivity contribution in [1.29, 1.82) is 0 Å². The van der Waals surface area contributed by atoms with Gasteiger partial charge in [0, 0.05) is 84.5 Å². The van der Waals surface area contributed by atoms with Crippen LogP contribution in [0.2, 0.25) is 0 Å². The van der Waals surface area contributed by atoms with E-state index in [1.165, 1.54) is 73.5 Å². The third kappa shape index (κ3) is 11.8. The van der Waals surface area contributed by atoms with Gasteiger partial charge < -0.3 is 29.5 Å². The first kappa shape index (κ1) is 19.7. The van der Waals surface area contributed by atoms with Gasteiger partial charge >= 0.3 is 12.2 Å². The SMILES string of the molecule is Brc1cccc2sccc12.[2H]C([2H])NC([2H])([2H])C([2H])([2H])N(C(=O)OC(C)(C)C)C([2H])[2H].[2H]C1([2H])N(C(=O)OC(C)(C)C)C([2H])([2H])C([2H])([2H])N(c2cccc3sccc23)C1([2H])[2H]. The minimum atomic E-state index is -3.28. The zero-order chi connectivity index (χ0) is 47.1. The summed E-state index contributed by atoms with van der Waals surface area (Å²) in [5, 5.41) is 7.28. The summed E-state index contributed by atoms with van der Waals surface area (Å²) in [5.41, 5.74) is -2.16. The number of nitrogens with one attached hydrogen (secondary N) is 1. The summed E-state index contributed by atoms with van der Waals surface area (Å²) in [4.78, 5) is 24.9. The predicted octanol–water partition coefficient (Wildman–Crippen LogP) is 8.69. The number of carbonyl (C=O) groups excluding carboxylic acids is 2. The Morgan fingerprint density at radius 1 is 0.933 bits per heavy atom. The van der Waals surface area contributed by atoms with Gasteiger partial charge in [0.15, 0.2) is 0 Å². The second kappa shape index (κ2) is 16.6. The van der Waals surface area contributed by atoms with Crippen molar-refractivity contribution in [2.75, 3.05) is 57.9 Å². The summed E-state index contributed by atoms with van der Waals surface area (Å²) < 4.78 is 140. The molecule has 0 aliphatic carbocycles. The Morgan fingerprint density at radius 2 is 1.53 bits per heavy atom. The second-order valence-electron chi connectivity index (χ2n) is 11.0. The van der Waals surface area contributed by atoms with Crippen molar-refractivity contribution in [3.8, 4) is 0 Å². The molecule has 2 aromatic heterocycles. The molecule has 45 heavy (non-hydrogen) atoms. The Hall–Kier alpha value is -2.86. The molecule has 0 unspecified atom stereocenters. The molecule has 246 valence electrons. The number of hydrogen-bond donors (Lipinski definition) is 1. The van der Waals surface area contributed by atoms with Crippen LogP contribution in [0, 0.1) is 0 Å². The Bertz CT molecular complexity index is 2130. The smallest absolute Gasteiger partial charge is 0.410 e. The lowest BCUT2D eigenvalue weighted by atomic mass is 10.2. The first-order chi connectivity index (χ1) is 27.5. The van der Waals surface area contributed by atoms with Gasteiger partial charge in [-0.2, -0.15) is 0 Å². The molecule has 4 aromatic rings. The fourth-order valence-corrected chi connectivity index (χ4v) is 5.60. The van der Waals surface area contributed by atoms with E-state index in [-0.39, 0.29) is 15.5 Å². The van der Waals surface area contributed by atoms with Crippen LogP contribution in [-0.2, 0) is 9.47 Å². The maximum absolute atomic E-state index is 12.7. The largest absolute Gasteiger partial charge is 0.444 e. The lowest BCUT2D eigenvalue weighted by Crippen LogP contribution is -2.50. The molecule has 8 nitrogen and oxygen atoms in total. The lowest BCUT2D eigenvalue weighted by molar-refractivity contribution is 0.0239. The highest BCUT2D eigenvalue weighted by Crippen LogP contribution is 2.31. The summed E-state index contributed by atoms with van der Waals surface area (Å²) >= 11 is 6.59. The molecule has 3 heterocycles. The molecule has 5 rings (SSSR count). The van der Waals surface area contributed by atoms with Crippen molar-refractivity contribution >= 4 is 76.6 Å². The maximum atomic E-state index is 12.7. The van der Waals surface area contributed by atoms with Crippen LogP contribution >= 0.6 is 38.6 Å². The molecule has 0 radical (unpaired) electrons. The molecule has 0 bridgehead atoms. The number of amides is 2. The number of ether oxygens (including phenoxy) is 2. The number of benzene rings is 2. The van der Waals surface area contributed by atoms with Gasteiger partial charge in [0.1, 0.15) is 11.2 Å². The average molecular weight is 736 g/mol. The summed E-state index contributed by atoms with van der Waals surface area (Å²) in [6.45, 7) is -14.1. The van der Waals surface area contributed by atoms with E-state index in [0.717, 1.165) is 0 Å². The van der Waals surface area contributed by atoms with Crippen LogP contribution in [0.4, 0.5) is 15.3 Å². The molecule has 1 fully saturated rings. The second-order valence-corrected chi connectivity index (χ2v) is 13.8. The quantitative estimate of drug-likeness (QED) is 0.226. The number of halogens is 1. The highest BCUT2D eigenvalue weighted by atomic mass is 79.9. The van der Waals surface area contributed by atoms with Gasteiger partial charge in [-0.3, -0.25) is 0 Å². The van der Waals surface area contributed by atoms with E-state index >= 15 is 0 Å². The van der Waals surface area contributed by atoms with E-state index in [2.05, 4.69) is 45.6 Å². The van der Waals surface area contributed by atoms with Gasteiger partial charge in [-0.25, -0.2) is 9.59 Å². The molecule has 0 spiro atoms. The number of carbonyl (C=O) groups is 2. The van der Waals surface area contributed by atoms with Gasteiger partial charge in [0.25, 0.3) is 0 Å². The number of nitrogens with zero attached hydrogens (tertiary/aromatic N) is 3. The first-order valence-electron chi connectivity index (χ1n) is 21.7. The zero-order valence-corrected chi connectivity index (χ0v) is 28.8. The van der Waals surface area contributed by atoms with Crippen LogP contribution in [0.15, 0.2) is 63.8 Å². The molecular weight excluding hydrogens is 672 g/mol. The number of fused-ring (bicyclic) bond motifs is 2. The van der Waals surface area contributed by atoms with E-state index in [1.807, 2.05) is 0 Å². The van der Waals surface area contributed by atoms with Crippen molar-refractivity contribution in [2.24, 2.45) is 0 Å². The van der Waals surface area contributed by atoms with Crippen LogP contribution < -0.4 is 10.2 Å². The summed E-state index contributed by atoms with van der Waals surface area (Å²) in [6.07, 6.45) is -2.86. The van der Waals surface area contributed by atoms with Crippen LogP contribution in [-0.4, -0.2) is 86.2 Å². The van der Waals surface area contributed by atoms with E-state index in [4.69, 9.17) is 31.4 Å². The lowest BCUT2D eigenvalue weighted by Gasteiger charge is -2.37. The summed E-state index contributed by atoms with van der Waals surface area (Å²) in [7, 11) is 0. The van der Waals surface area contributed by atoms with Crippen molar-refractivity contribution in [2.45, 2.75) is 52.7 Å². The number of thiophene rings is 2. The fraction of sp³-hybridized carbons (Fsp3) is 0.471. The minimum Gasteiger partial charge on any atom is -0.444 e.